The number of ether oxygens (including phenoxy) is 1. The summed E-state index contributed by atoms with van der Waals surface area (Å²) in [5.74, 6) is 1.51. The zero-order valence-electron chi connectivity index (χ0n) is 14.7. The van der Waals surface area contributed by atoms with Crippen LogP contribution in [0.2, 0.25) is 10.0 Å². The molecule has 0 radical (unpaired) electrons. The van der Waals surface area contributed by atoms with E-state index in [9.17, 15) is 9.00 Å². The second kappa shape index (κ2) is 7.58. The molecule has 1 unspecified atom stereocenters. The molecule has 1 N–H and O–H groups in total. The number of methoxy groups -OCH3 is 1. The Kier molecular flexibility index (Phi) is 5.14. The van der Waals surface area contributed by atoms with E-state index in [0.717, 1.165) is 11.3 Å². The van der Waals surface area contributed by atoms with Crippen LogP contribution in [0.1, 0.15) is 21.6 Å². The summed E-state index contributed by atoms with van der Waals surface area (Å²) < 4.78 is 18.8. The van der Waals surface area contributed by atoms with Crippen LogP contribution >= 0.6 is 23.2 Å². The van der Waals surface area contributed by atoms with Crippen molar-refractivity contribution in [3.8, 4) is 11.4 Å². The Morgan fingerprint density at radius 3 is 2.61 bits per heavy atom. The highest BCUT2D eigenvalue weighted by Gasteiger charge is 2.28. The van der Waals surface area contributed by atoms with E-state index in [1.807, 2.05) is 24.3 Å². The van der Waals surface area contributed by atoms with Crippen LogP contribution in [-0.2, 0) is 22.3 Å². The van der Waals surface area contributed by atoms with Crippen LogP contribution in [0.4, 0.5) is 5.82 Å². The van der Waals surface area contributed by atoms with Gasteiger partial charge in [0, 0.05) is 21.4 Å². The van der Waals surface area contributed by atoms with Crippen molar-refractivity contribution in [2.75, 3.05) is 12.4 Å². The molecule has 0 saturated carbocycles. The number of hydrogen-bond acceptors (Lipinski definition) is 4. The number of hydrogen-bond donors (Lipinski definition) is 1. The van der Waals surface area contributed by atoms with Crippen molar-refractivity contribution < 1.29 is 13.7 Å². The molecule has 0 spiro atoms. The summed E-state index contributed by atoms with van der Waals surface area (Å²) >= 11 is 12.1. The molecule has 1 aromatic heterocycles. The standard InChI is InChI=1S/C19H15Cl2N3O3S/c1-27-13-5-3-12(4-6-13)24-18(15-9-28(26)10-17(15)23-24)22-19(25)14-7-2-11(20)8-16(14)21/h2-8H,9-10H2,1H3,(H,22,25). The molecule has 2 aromatic carbocycles. The fraction of sp³-hybridized carbons (Fsp3) is 0.158. The van der Waals surface area contributed by atoms with Crippen LogP contribution in [0.15, 0.2) is 42.5 Å². The number of rotatable bonds is 4. The molecule has 0 saturated heterocycles. The summed E-state index contributed by atoms with van der Waals surface area (Å²) in [7, 11) is 0.566. The van der Waals surface area contributed by atoms with Crippen molar-refractivity contribution in [2.45, 2.75) is 11.5 Å². The Balaban J connectivity index is 1.74. The Labute approximate surface area is 173 Å². The van der Waals surface area contributed by atoms with Crippen LogP contribution in [0.25, 0.3) is 5.69 Å². The third kappa shape index (κ3) is 3.53. The summed E-state index contributed by atoms with van der Waals surface area (Å²) in [6, 6.07) is 12.0. The molecule has 0 fully saturated rings. The fourth-order valence-corrected chi connectivity index (χ4v) is 4.77. The Morgan fingerprint density at radius 2 is 1.93 bits per heavy atom. The van der Waals surface area contributed by atoms with Gasteiger partial charge in [0.25, 0.3) is 5.91 Å². The van der Waals surface area contributed by atoms with Gasteiger partial charge in [-0.3, -0.25) is 9.00 Å². The Bertz CT molecular complexity index is 1100. The van der Waals surface area contributed by atoms with Gasteiger partial charge in [-0.15, -0.1) is 0 Å². The summed E-state index contributed by atoms with van der Waals surface area (Å²) in [5.41, 5.74) is 2.53. The smallest absolute Gasteiger partial charge is 0.258 e. The molecule has 28 heavy (non-hydrogen) atoms. The lowest BCUT2D eigenvalue weighted by molar-refractivity contribution is 0.102. The van der Waals surface area contributed by atoms with E-state index in [2.05, 4.69) is 10.4 Å². The van der Waals surface area contributed by atoms with Crippen molar-refractivity contribution in [1.29, 1.82) is 0 Å². The molecule has 144 valence electrons. The molecule has 4 rings (SSSR count). The quantitative estimate of drug-likeness (QED) is 0.666. The number of fused-ring (bicyclic) bond motifs is 1. The maximum absolute atomic E-state index is 12.8. The van der Waals surface area contributed by atoms with Gasteiger partial charge < -0.3 is 10.1 Å². The molecule has 1 amide bonds. The van der Waals surface area contributed by atoms with Crippen molar-refractivity contribution in [1.82, 2.24) is 9.78 Å². The van der Waals surface area contributed by atoms with Gasteiger partial charge >= 0.3 is 0 Å². The van der Waals surface area contributed by atoms with Gasteiger partial charge in [-0.25, -0.2) is 4.68 Å². The van der Waals surface area contributed by atoms with Gasteiger partial charge in [0.15, 0.2) is 0 Å². The number of nitrogens with zero attached hydrogens (tertiary/aromatic N) is 2. The normalized spacial score (nSPS) is 15.3. The molecule has 3 aromatic rings. The van der Waals surface area contributed by atoms with Crippen LogP contribution < -0.4 is 10.1 Å². The second-order valence-electron chi connectivity index (χ2n) is 6.19. The van der Waals surface area contributed by atoms with Gasteiger partial charge in [-0.1, -0.05) is 23.2 Å². The fourth-order valence-electron chi connectivity index (χ4n) is 3.01. The number of nitrogens with one attached hydrogen (secondary N) is 1. The number of amides is 1. The lowest BCUT2D eigenvalue weighted by Crippen LogP contribution is -2.17. The monoisotopic (exact) mass is 435 g/mol. The van der Waals surface area contributed by atoms with E-state index in [1.54, 1.807) is 23.9 Å². The predicted molar refractivity (Wildman–Crippen MR) is 110 cm³/mol. The Hall–Kier alpha value is -2.35. The van der Waals surface area contributed by atoms with E-state index in [-0.39, 0.29) is 5.02 Å². The second-order valence-corrected chi connectivity index (χ2v) is 8.49. The van der Waals surface area contributed by atoms with E-state index in [1.165, 1.54) is 6.07 Å². The molecule has 1 atom stereocenters. The molecular formula is C19H15Cl2N3O3S. The first-order valence-corrected chi connectivity index (χ1v) is 10.6. The minimum absolute atomic E-state index is 0.251. The molecule has 1 aliphatic rings. The Morgan fingerprint density at radius 1 is 1.18 bits per heavy atom. The van der Waals surface area contributed by atoms with E-state index in [4.69, 9.17) is 27.9 Å². The van der Waals surface area contributed by atoms with Gasteiger partial charge in [0.05, 0.1) is 40.6 Å². The van der Waals surface area contributed by atoms with Crippen molar-refractivity contribution in [3.63, 3.8) is 0 Å². The summed E-state index contributed by atoms with van der Waals surface area (Å²) in [6.45, 7) is 0. The molecule has 0 aliphatic carbocycles. The highest BCUT2D eigenvalue weighted by atomic mass is 35.5. The maximum Gasteiger partial charge on any atom is 0.258 e. The van der Waals surface area contributed by atoms with Crippen LogP contribution in [0, 0.1) is 0 Å². The van der Waals surface area contributed by atoms with Crippen molar-refractivity contribution >= 4 is 45.7 Å². The first-order valence-electron chi connectivity index (χ1n) is 8.33. The summed E-state index contributed by atoms with van der Waals surface area (Å²) in [4.78, 5) is 12.8. The zero-order chi connectivity index (χ0) is 19.8. The molecular weight excluding hydrogens is 421 g/mol. The largest absolute Gasteiger partial charge is 0.497 e. The van der Waals surface area contributed by atoms with Gasteiger partial charge in [-0.05, 0) is 42.5 Å². The number of halogens is 2. The maximum atomic E-state index is 12.8. The van der Waals surface area contributed by atoms with Gasteiger partial charge in [0.1, 0.15) is 11.6 Å². The van der Waals surface area contributed by atoms with Crippen molar-refractivity contribution in [2.24, 2.45) is 0 Å². The lowest BCUT2D eigenvalue weighted by atomic mass is 10.2. The van der Waals surface area contributed by atoms with Crippen LogP contribution in [-0.4, -0.2) is 27.0 Å². The van der Waals surface area contributed by atoms with E-state index >= 15 is 0 Å². The van der Waals surface area contributed by atoms with Crippen LogP contribution in [0.3, 0.4) is 0 Å². The third-order valence-electron chi connectivity index (χ3n) is 4.39. The average Bonchev–Trinajstić information content (AvgIpc) is 3.18. The number of carbonyl (C=O) groups excluding carboxylic acids is 1. The molecule has 6 nitrogen and oxygen atoms in total. The minimum atomic E-state index is -1.03. The minimum Gasteiger partial charge on any atom is -0.497 e. The first-order chi connectivity index (χ1) is 13.5. The van der Waals surface area contributed by atoms with Gasteiger partial charge in [-0.2, -0.15) is 5.10 Å². The average molecular weight is 436 g/mol. The molecule has 9 heteroatoms. The number of aromatic nitrogens is 2. The van der Waals surface area contributed by atoms with Crippen molar-refractivity contribution in [3.05, 3.63) is 69.3 Å². The van der Waals surface area contributed by atoms with Gasteiger partial charge in [0.2, 0.25) is 0 Å². The molecule has 0 bridgehead atoms. The predicted octanol–water partition coefficient (Wildman–Crippen LogP) is 4.20. The van der Waals surface area contributed by atoms with E-state index in [0.29, 0.717) is 39.4 Å². The molecule has 2 heterocycles. The lowest BCUT2D eigenvalue weighted by Gasteiger charge is -2.12. The highest BCUT2D eigenvalue weighted by Crippen LogP contribution is 2.32. The topological polar surface area (TPSA) is 73.2 Å². The number of anilines is 1. The SMILES string of the molecule is COc1ccc(-n2nc3c(c2NC(=O)c2ccc(Cl)cc2Cl)CS(=O)C3)cc1. The highest BCUT2D eigenvalue weighted by molar-refractivity contribution is 7.83. The summed E-state index contributed by atoms with van der Waals surface area (Å²) in [6.07, 6.45) is 0. The third-order valence-corrected chi connectivity index (χ3v) is 6.15. The first kappa shape index (κ1) is 19.0. The van der Waals surface area contributed by atoms with E-state index < -0.39 is 16.7 Å². The van der Waals surface area contributed by atoms with Crippen LogP contribution in [0.5, 0.6) is 5.75 Å². The molecule has 1 aliphatic heterocycles. The number of carbonyl (C=O) groups is 1. The zero-order valence-corrected chi connectivity index (χ0v) is 17.1. The number of benzene rings is 2. The summed E-state index contributed by atoms with van der Waals surface area (Å²) in [5, 5.41) is 8.14.